The predicted molar refractivity (Wildman–Crippen MR) is 103 cm³/mol. The Kier molecular flexibility index (Phi) is 5.91. The molecular weight excluding hydrogens is 318 g/mol. The molecule has 126 valence electrons. The van der Waals surface area contributed by atoms with Gasteiger partial charge in [0.05, 0.1) is 0 Å². The number of para-hydroxylation sites is 1. The molecule has 3 rings (SSSR count). The van der Waals surface area contributed by atoms with Gasteiger partial charge in [-0.05, 0) is 55.9 Å². The molecule has 3 aromatic rings. The van der Waals surface area contributed by atoms with Gasteiger partial charge in [-0.3, -0.25) is 0 Å². The molecule has 2 aromatic carbocycles. The third-order valence-corrected chi connectivity index (χ3v) is 4.44. The molecule has 0 aliphatic carbocycles. The lowest BCUT2D eigenvalue weighted by Gasteiger charge is -2.06. The first-order valence-corrected chi connectivity index (χ1v) is 8.82. The monoisotopic (exact) mass is 341 g/mol. The van der Waals surface area contributed by atoms with E-state index in [0.29, 0.717) is 0 Å². The van der Waals surface area contributed by atoms with Crippen LogP contribution in [-0.2, 0) is 13.1 Å². The number of nitrogens with one attached hydrogen (secondary N) is 2. The van der Waals surface area contributed by atoms with Gasteiger partial charge in [0, 0.05) is 35.2 Å². The number of nitrogens with zero attached hydrogens (tertiary/aromatic N) is 1. The molecule has 0 saturated heterocycles. The van der Waals surface area contributed by atoms with E-state index in [2.05, 4.69) is 51.7 Å². The summed E-state index contributed by atoms with van der Waals surface area (Å²) in [5, 5.41) is 8.82. The van der Waals surface area contributed by atoms with Gasteiger partial charge < -0.3 is 15.2 Å². The molecule has 0 atom stereocenters. The number of fused-ring (bicyclic) bond motifs is 1. The third-order valence-electron chi connectivity index (χ3n) is 4.21. The molecule has 0 spiro atoms. The Morgan fingerprint density at radius 3 is 2.75 bits per heavy atom. The smallest absolute Gasteiger partial charge is 0.0486 e. The van der Waals surface area contributed by atoms with Crippen molar-refractivity contribution in [2.75, 3.05) is 20.1 Å². The SMILES string of the molecule is CNCCCNCc1cn(Cc2cccc(Cl)c2)c2ccccc12. The summed E-state index contributed by atoms with van der Waals surface area (Å²) in [6.45, 7) is 3.80. The average molecular weight is 342 g/mol. The Labute approximate surface area is 148 Å². The maximum atomic E-state index is 6.12. The van der Waals surface area contributed by atoms with Gasteiger partial charge in [-0.25, -0.2) is 0 Å². The summed E-state index contributed by atoms with van der Waals surface area (Å²) in [6.07, 6.45) is 3.40. The van der Waals surface area contributed by atoms with E-state index >= 15 is 0 Å². The van der Waals surface area contributed by atoms with Gasteiger partial charge in [-0.15, -0.1) is 0 Å². The first-order chi connectivity index (χ1) is 11.8. The first kappa shape index (κ1) is 17.0. The fourth-order valence-corrected chi connectivity index (χ4v) is 3.25. The fraction of sp³-hybridized carbons (Fsp3) is 0.300. The number of hydrogen-bond donors (Lipinski definition) is 2. The zero-order valence-electron chi connectivity index (χ0n) is 14.1. The number of benzene rings is 2. The first-order valence-electron chi connectivity index (χ1n) is 8.44. The van der Waals surface area contributed by atoms with E-state index in [9.17, 15) is 0 Å². The second kappa shape index (κ2) is 8.34. The zero-order chi connectivity index (χ0) is 16.8. The third kappa shape index (κ3) is 4.18. The summed E-state index contributed by atoms with van der Waals surface area (Å²) in [4.78, 5) is 0. The fourth-order valence-electron chi connectivity index (χ4n) is 3.04. The lowest BCUT2D eigenvalue weighted by molar-refractivity contribution is 0.625. The molecule has 0 saturated carbocycles. The van der Waals surface area contributed by atoms with Gasteiger partial charge in [-0.2, -0.15) is 0 Å². The van der Waals surface area contributed by atoms with Crippen molar-refractivity contribution in [1.82, 2.24) is 15.2 Å². The standard InChI is InChI=1S/C20H24ClN3/c1-22-10-5-11-23-13-17-15-24(20-9-3-2-8-19(17)20)14-16-6-4-7-18(21)12-16/h2-4,6-9,12,15,22-23H,5,10-11,13-14H2,1H3. The van der Waals surface area contributed by atoms with Crippen LogP contribution in [0.2, 0.25) is 5.02 Å². The Balaban J connectivity index is 1.78. The lowest BCUT2D eigenvalue weighted by Crippen LogP contribution is -2.19. The Hall–Kier alpha value is -1.81. The van der Waals surface area contributed by atoms with Gasteiger partial charge in [0.15, 0.2) is 0 Å². The van der Waals surface area contributed by atoms with Crippen LogP contribution >= 0.6 is 11.6 Å². The van der Waals surface area contributed by atoms with Gasteiger partial charge in [0.1, 0.15) is 0 Å². The van der Waals surface area contributed by atoms with Crippen molar-refractivity contribution in [2.45, 2.75) is 19.5 Å². The highest BCUT2D eigenvalue weighted by Gasteiger charge is 2.08. The molecular formula is C20H24ClN3. The number of hydrogen-bond acceptors (Lipinski definition) is 2. The molecule has 0 radical (unpaired) electrons. The summed E-state index contributed by atoms with van der Waals surface area (Å²) in [5.41, 5.74) is 3.83. The highest BCUT2D eigenvalue weighted by molar-refractivity contribution is 6.30. The van der Waals surface area contributed by atoms with Crippen molar-refractivity contribution in [3.05, 3.63) is 70.9 Å². The van der Waals surface area contributed by atoms with Crippen LogP contribution < -0.4 is 10.6 Å². The average Bonchev–Trinajstić information content (AvgIpc) is 2.93. The molecule has 2 N–H and O–H groups in total. The number of rotatable bonds is 8. The Morgan fingerprint density at radius 2 is 1.92 bits per heavy atom. The van der Waals surface area contributed by atoms with E-state index < -0.39 is 0 Å². The number of aromatic nitrogens is 1. The lowest BCUT2D eigenvalue weighted by atomic mass is 10.2. The van der Waals surface area contributed by atoms with Crippen molar-refractivity contribution >= 4 is 22.5 Å². The Morgan fingerprint density at radius 1 is 1.04 bits per heavy atom. The quantitative estimate of drug-likeness (QED) is 0.605. The Bertz CT molecular complexity index is 794. The van der Waals surface area contributed by atoms with Crippen LogP contribution in [0.25, 0.3) is 10.9 Å². The second-order valence-electron chi connectivity index (χ2n) is 6.06. The van der Waals surface area contributed by atoms with E-state index in [1.807, 2.05) is 25.2 Å². The summed E-state index contributed by atoms with van der Waals surface area (Å²) in [6, 6.07) is 16.7. The van der Waals surface area contributed by atoms with Crippen LogP contribution in [0.15, 0.2) is 54.7 Å². The molecule has 1 heterocycles. The van der Waals surface area contributed by atoms with Gasteiger partial charge in [0.25, 0.3) is 0 Å². The maximum absolute atomic E-state index is 6.12. The van der Waals surface area contributed by atoms with Gasteiger partial charge in [0.2, 0.25) is 0 Å². The summed E-state index contributed by atoms with van der Waals surface area (Å²) in [7, 11) is 1.99. The zero-order valence-corrected chi connectivity index (χ0v) is 14.8. The van der Waals surface area contributed by atoms with Crippen molar-refractivity contribution in [1.29, 1.82) is 0 Å². The van der Waals surface area contributed by atoms with Gasteiger partial charge in [-0.1, -0.05) is 41.9 Å². The maximum Gasteiger partial charge on any atom is 0.0486 e. The van der Waals surface area contributed by atoms with Crippen LogP contribution in [0.3, 0.4) is 0 Å². The van der Waals surface area contributed by atoms with E-state index in [-0.39, 0.29) is 0 Å². The van der Waals surface area contributed by atoms with E-state index in [4.69, 9.17) is 11.6 Å². The highest BCUT2D eigenvalue weighted by atomic mass is 35.5. The van der Waals surface area contributed by atoms with Crippen molar-refractivity contribution in [2.24, 2.45) is 0 Å². The number of halogens is 1. The van der Waals surface area contributed by atoms with E-state index in [1.165, 1.54) is 22.0 Å². The van der Waals surface area contributed by atoms with Crippen LogP contribution in [-0.4, -0.2) is 24.7 Å². The minimum absolute atomic E-state index is 0.787. The molecule has 0 aliphatic rings. The molecule has 24 heavy (non-hydrogen) atoms. The van der Waals surface area contributed by atoms with Crippen molar-refractivity contribution in [3.63, 3.8) is 0 Å². The molecule has 0 unspecified atom stereocenters. The molecule has 0 bridgehead atoms. The molecule has 3 nitrogen and oxygen atoms in total. The highest BCUT2D eigenvalue weighted by Crippen LogP contribution is 2.23. The van der Waals surface area contributed by atoms with Crippen molar-refractivity contribution in [3.8, 4) is 0 Å². The molecule has 4 heteroatoms. The topological polar surface area (TPSA) is 29.0 Å². The summed E-state index contributed by atoms with van der Waals surface area (Å²) in [5.74, 6) is 0. The molecule has 0 fully saturated rings. The molecule has 0 aliphatic heterocycles. The van der Waals surface area contributed by atoms with E-state index in [0.717, 1.165) is 37.6 Å². The largest absolute Gasteiger partial charge is 0.343 e. The second-order valence-corrected chi connectivity index (χ2v) is 6.50. The molecule has 0 amide bonds. The van der Waals surface area contributed by atoms with Crippen LogP contribution in [0.5, 0.6) is 0 Å². The van der Waals surface area contributed by atoms with Crippen LogP contribution in [0, 0.1) is 0 Å². The van der Waals surface area contributed by atoms with Crippen molar-refractivity contribution < 1.29 is 0 Å². The van der Waals surface area contributed by atoms with E-state index in [1.54, 1.807) is 0 Å². The van der Waals surface area contributed by atoms with Crippen LogP contribution in [0.1, 0.15) is 17.5 Å². The molecule has 1 aromatic heterocycles. The normalized spacial score (nSPS) is 11.2. The summed E-state index contributed by atoms with van der Waals surface area (Å²) >= 11 is 6.12. The predicted octanol–water partition coefficient (Wildman–Crippen LogP) is 4.04. The van der Waals surface area contributed by atoms with Crippen LogP contribution in [0.4, 0.5) is 0 Å². The minimum Gasteiger partial charge on any atom is -0.343 e. The van der Waals surface area contributed by atoms with Gasteiger partial charge >= 0.3 is 0 Å². The minimum atomic E-state index is 0.787. The summed E-state index contributed by atoms with van der Waals surface area (Å²) < 4.78 is 2.31.